The number of phenolic OH excluding ortho intramolecular Hbond substituents is 1. The molecule has 0 aliphatic rings. The third kappa shape index (κ3) is 6.52. The third-order valence-electron chi connectivity index (χ3n) is 5.80. The molecule has 13 heteroatoms. The molecule has 0 saturated heterocycles. The van der Waals surface area contributed by atoms with Gasteiger partial charge in [0.05, 0.1) is 0 Å². The number of nitrogens with zero attached hydrogens (tertiary/aromatic N) is 3. The lowest BCUT2D eigenvalue weighted by atomic mass is 10.1. The first-order valence-electron chi connectivity index (χ1n) is 12.3. The number of amidine groups is 1. The average Bonchev–Trinajstić information content (AvgIpc) is 3.35. The quantitative estimate of drug-likeness (QED) is 0.140. The van der Waals surface area contributed by atoms with Crippen LogP contribution in [0.1, 0.15) is 25.8 Å². The number of halogens is 2. The van der Waals surface area contributed by atoms with Gasteiger partial charge in [0.15, 0.2) is 17.6 Å². The second kappa shape index (κ2) is 11.9. The number of nitrogens with one attached hydrogen (secondary N) is 1. The van der Waals surface area contributed by atoms with Crippen molar-refractivity contribution >= 4 is 11.8 Å². The second-order valence-electron chi connectivity index (χ2n) is 9.44. The van der Waals surface area contributed by atoms with Crippen molar-refractivity contribution in [3.63, 3.8) is 0 Å². The highest BCUT2D eigenvalue weighted by Crippen LogP contribution is 2.40. The molecule has 4 rings (SSSR count). The van der Waals surface area contributed by atoms with Crippen LogP contribution in [0.3, 0.4) is 0 Å². The van der Waals surface area contributed by atoms with Crippen LogP contribution in [0.25, 0.3) is 11.4 Å². The van der Waals surface area contributed by atoms with E-state index in [0.717, 1.165) is 12.1 Å². The van der Waals surface area contributed by atoms with Crippen LogP contribution in [0, 0.1) is 23.0 Å². The van der Waals surface area contributed by atoms with Gasteiger partial charge in [-0.15, -0.1) is 0 Å². The van der Waals surface area contributed by atoms with Crippen molar-refractivity contribution in [2.45, 2.75) is 26.4 Å². The lowest BCUT2D eigenvalue weighted by Gasteiger charge is -2.20. The number of aryl methyl sites for hydroxylation is 1. The second-order valence-corrected chi connectivity index (χ2v) is 9.44. The Labute approximate surface area is 233 Å². The zero-order valence-electron chi connectivity index (χ0n) is 22.3. The van der Waals surface area contributed by atoms with E-state index in [9.17, 15) is 15.0 Å². The Morgan fingerprint density at radius 1 is 1.12 bits per heavy atom. The van der Waals surface area contributed by atoms with E-state index >= 15 is 8.78 Å². The Hall–Kier alpha value is -5.20. The van der Waals surface area contributed by atoms with Gasteiger partial charge in [0.2, 0.25) is 17.4 Å². The van der Waals surface area contributed by atoms with Gasteiger partial charge in [-0.3, -0.25) is 5.41 Å². The number of imidazole rings is 1. The van der Waals surface area contributed by atoms with Gasteiger partial charge in [-0.2, -0.15) is 13.8 Å². The number of aromatic nitrogens is 3. The molecule has 5 N–H and O–H groups in total. The fourth-order valence-electron chi connectivity index (χ4n) is 3.81. The maximum atomic E-state index is 15.7. The van der Waals surface area contributed by atoms with Crippen LogP contribution in [-0.4, -0.2) is 42.7 Å². The van der Waals surface area contributed by atoms with Crippen molar-refractivity contribution in [2.75, 3.05) is 0 Å². The first kappa shape index (κ1) is 28.8. The minimum Gasteiger partial charge on any atom is -0.504 e. The smallest absolute Gasteiger partial charge is 0.344 e. The molecule has 214 valence electrons. The van der Waals surface area contributed by atoms with Crippen LogP contribution in [0.4, 0.5) is 8.78 Å². The van der Waals surface area contributed by atoms with Gasteiger partial charge in [-0.1, -0.05) is 26.0 Å². The number of pyridine rings is 1. The SMILES string of the molecule is CC(C)CC(Oc1c(F)c(Oc2cccc(-c3nccn3C)c2)nc(Oc2cc(C(=N)N)ccc2O)c1F)C(=O)O. The van der Waals surface area contributed by atoms with Gasteiger partial charge in [0, 0.05) is 30.6 Å². The number of nitrogens with two attached hydrogens (primary N) is 1. The van der Waals surface area contributed by atoms with Crippen molar-refractivity contribution in [3.05, 3.63) is 72.1 Å². The van der Waals surface area contributed by atoms with E-state index in [1.165, 1.54) is 12.1 Å². The van der Waals surface area contributed by atoms with Crippen LogP contribution >= 0.6 is 0 Å². The summed E-state index contributed by atoms with van der Waals surface area (Å²) in [5, 5.41) is 27.5. The molecular weight excluding hydrogens is 540 g/mol. The maximum absolute atomic E-state index is 15.7. The predicted molar refractivity (Wildman–Crippen MR) is 144 cm³/mol. The number of aromatic hydroxyl groups is 1. The molecule has 0 aliphatic heterocycles. The monoisotopic (exact) mass is 567 g/mol. The molecule has 2 heterocycles. The topological polar surface area (TPSA) is 166 Å². The van der Waals surface area contributed by atoms with Crippen LogP contribution in [0.5, 0.6) is 34.8 Å². The molecular formula is C28H27F2N5O6. The molecule has 0 aliphatic carbocycles. The zero-order chi connectivity index (χ0) is 29.8. The van der Waals surface area contributed by atoms with Crippen molar-refractivity contribution in [3.8, 4) is 46.1 Å². The molecule has 11 nitrogen and oxygen atoms in total. The third-order valence-corrected chi connectivity index (χ3v) is 5.80. The molecule has 2 aromatic heterocycles. The van der Waals surface area contributed by atoms with Gasteiger partial charge in [-0.05, 0) is 42.7 Å². The highest BCUT2D eigenvalue weighted by Gasteiger charge is 2.30. The van der Waals surface area contributed by atoms with Gasteiger partial charge in [0.25, 0.3) is 11.8 Å². The molecule has 0 spiro atoms. The summed E-state index contributed by atoms with van der Waals surface area (Å²) in [6.45, 7) is 3.45. The molecule has 41 heavy (non-hydrogen) atoms. The van der Waals surface area contributed by atoms with E-state index in [1.807, 2.05) is 0 Å². The summed E-state index contributed by atoms with van der Waals surface area (Å²) in [6, 6.07) is 10.1. The molecule has 4 aromatic rings. The number of carboxylic acids is 1. The Bertz CT molecular complexity index is 1610. The number of hydrogen-bond donors (Lipinski definition) is 4. The summed E-state index contributed by atoms with van der Waals surface area (Å²) in [5.74, 6) is -7.77. The van der Waals surface area contributed by atoms with Crippen LogP contribution in [0.15, 0.2) is 54.9 Å². The first-order valence-corrected chi connectivity index (χ1v) is 12.3. The van der Waals surface area contributed by atoms with Crippen molar-refractivity contribution in [1.29, 1.82) is 5.41 Å². The predicted octanol–water partition coefficient (Wildman–Crippen LogP) is 5.21. The molecule has 2 aromatic carbocycles. The summed E-state index contributed by atoms with van der Waals surface area (Å²) >= 11 is 0. The van der Waals surface area contributed by atoms with Crippen LogP contribution in [0.2, 0.25) is 0 Å². The van der Waals surface area contributed by atoms with Crippen molar-refractivity contribution in [2.24, 2.45) is 18.7 Å². The summed E-state index contributed by atoms with van der Waals surface area (Å²) < 4.78 is 49.5. The minimum absolute atomic E-state index is 0.0595. The first-order chi connectivity index (χ1) is 19.4. The van der Waals surface area contributed by atoms with Crippen molar-refractivity contribution < 1.29 is 38.0 Å². The molecule has 0 bridgehead atoms. The number of phenols is 1. The van der Waals surface area contributed by atoms with E-state index in [2.05, 4.69) is 9.97 Å². The average molecular weight is 568 g/mol. The van der Waals surface area contributed by atoms with E-state index in [4.69, 9.17) is 25.4 Å². The van der Waals surface area contributed by atoms with Gasteiger partial charge in [0.1, 0.15) is 17.4 Å². The molecule has 0 radical (unpaired) electrons. The minimum atomic E-state index is -1.61. The Morgan fingerprint density at radius 2 is 1.83 bits per heavy atom. The summed E-state index contributed by atoms with van der Waals surface area (Å²) in [4.78, 5) is 19.9. The normalized spacial score (nSPS) is 11.8. The Kier molecular flexibility index (Phi) is 8.36. The molecule has 0 amide bonds. The number of aliphatic carboxylic acids is 1. The number of benzene rings is 2. The van der Waals surface area contributed by atoms with Crippen LogP contribution < -0.4 is 19.9 Å². The molecule has 0 saturated carbocycles. The molecule has 0 fully saturated rings. The number of nitrogen functional groups attached to an aromatic ring is 1. The van der Waals surface area contributed by atoms with Crippen LogP contribution in [-0.2, 0) is 11.8 Å². The fraction of sp³-hybridized carbons (Fsp3) is 0.214. The number of rotatable bonds is 11. The van der Waals surface area contributed by atoms with Gasteiger partial charge in [-0.25, -0.2) is 9.78 Å². The lowest BCUT2D eigenvalue weighted by molar-refractivity contribution is -0.146. The van der Waals surface area contributed by atoms with Crippen molar-refractivity contribution in [1.82, 2.24) is 14.5 Å². The Morgan fingerprint density at radius 3 is 2.44 bits per heavy atom. The van der Waals surface area contributed by atoms with Gasteiger partial charge < -0.3 is 34.7 Å². The summed E-state index contributed by atoms with van der Waals surface area (Å²) in [5.41, 5.74) is 6.26. The summed E-state index contributed by atoms with van der Waals surface area (Å²) in [6.07, 6.45) is 1.67. The van der Waals surface area contributed by atoms with Gasteiger partial charge >= 0.3 is 5.97 Å². The van der Waals surface area contributed by atoms with E-state index < -0.39 is 47.0 Å². The molecule has 1 unspecified atom stereocenters. The Balaban J connectivity index is 1.80. The highest BCUT2D eigenvalue weighted by atomic mass is 19.1. The number of hydrogen-bond acceptors (Lipinski definition) is 8. The fourth-order valence-corrected chi connectivity index (χ4v) is 3.81. The zero-order valence-corrected chi connectivity index (χ0v) is 22.3. The number of carboxylic acid groups (broad SMARTS) is 1. The van der Waals surface area contributed by atoms with E-state index in [-0.39, 0.29) is 35.2 Å². The standard InChI is InChI=1S/C28H27F2N5O6/c1-14(2)11-20(28(37)38)40-23-21(29)26(39-17-6-4-5-16(12-17)25-33-9-10-35(25)3)34-27(22(23)30)41-19-13-15(24(31)32)7-8-18(19)36/h4-10,12-14,20,36H,11H2,1-3H3,(H3,31,32)(H,37,38). The molecule has 1 atom stereocenters. The van der Waals surface area contributed by atoms with E-state index in [0.29, 0.717) is 11.4 Å². The largest absolute Gasteiger partial charge is 0.504 e. The number of carbonyl (C=O) groups is 1. The van der Waals surface area contributed by atoms with E-state index in [1.54, 1.807) is 56.1 Å². The maximum Gasteiger partial charge on any atom is 0.344 e. The highest BCUT2D eigenvalue weighted by molar-refractivity contribution is 5.95. The number of ether oxygens (including phenoxy) is 3. The lowest BCUT2D eigenvalue weighted by Crippen LogP contribution is -2.29. The summed E-state index contributed by atoms with van der Waals surface area (Å²) in [7, 11) is 1.79.